The average molecular weight is 600 g/mol. The van der Waals surface area contributed by atoms with Crippen LogP contribution < -0.4 is 0 Å². The summed E-state index contributed by atoms with van der Waals surface area (Å²) < 4.78 is 7.16. The van der Waals surface area contributed by atoms with E-state index in [1.165, 1.54) is 38.1 Å². The normalized spacial score (nSPS) is 12.3. The molecule has 5 heterocycles. The van der Waals surface area contributed by atoms with Gasteiger partial charge in [0.2, 0.25) is 0 Å². The lowest BCUT2D eigenvalue weighted by atomic mass is 10.0. The molecule has 0 N–H and O–H groups in total. The second-order valence-electron chi connectivity index (χ2n) is 12.2. The zero-order chi connectivity index (χ0) is 30.6. The van der Waals surface area contributed by atoms with E-state index in [1.807, 2.05) is 12.3 Å². The highest BCUT2D eigenvalue weighted by molar-refractivity contribution is 6.30. The maximum Gasteiger partial charge on any atom is 0.149 e. The quantitative estimate of drug-likeness (QED) is 0.186. The summed E-state index contributed by atoms with van der Waals surface area (Å²) in [5.41, 5.74) is 10.8. The molecule has 5 aromatic heterocycles. The van der Waals surface area contributed by atoms with E-state index in [2.05, 4.69) is 153 Å². The molecule has 5 nitrogen and oxygen atoms in total. The number of hydrogen-bond donors (Lipinski definition) is 0. The van der Waals surface area contributed by atoms with Crippen LogP contribution in [0.4, 0.5) is 0 Å². The maximum atomic E-state index is 5.32. The van der Waals surface area contributed by atoms with Gasteiger partial charge in [0.05, 0.1) is 38.5 Å². The smallest absolute Gasteiger partial charge is 0.149 e. The number of nitrogens with zero attached hydrogens (tertiary/aromatic N) is 5. The number of aromatic nitrogens is 5. The van der Waals surface area contributed by atoms with Crippen LogP contribution in [0.5, 0.6) is 0 Å². The van der Waals surface area contributed by atoms with Crippen LogP contribution in [0.15, 0.2) is 152 Å². The molecule has 0 atom stereocenters. The van der Waals surface area contributed by atoms with Crippen molar-refractivity contribution in [3.05, 3.63) is 152 Å². The molecule has 0 saturated carbocycles. The first-order valence-electron chi connectivity index (χ1n) is 15.9. The summed E-state index contributed by atoms with van der Waals surface area (Å²) in [6.07, 6.45) is 1.88. The summed E-state index contributed by atoms with van der Waals surface area (Å²) in [4.78, 5) is 10.2. The third kappa shape index (κ3) is 3.17. The lowest BCUT2D eigenvalue weighted by Crippen LogP contribution is -2.00. The highest BCUT2D eigenvalue weighted by Crippen LogP contribution is 2.45. The van der Waals surface area contributed by atoms with Crippen molar-refractivity contribution in [3.63, 3.8) is 0 Å². The summed E-state index contributed by atoms with van der Waals surface area (Å²) in [5, 5.41) is 8.24. The van der Waals surface area contributed by atoms with Crippen molar-refractivity contribution in [3.8, 4) is 11.4 Å². The van der Waals surface area contributed by atoms with Crippen LogP contribution in [0.3, 0.4) is 0 Å². The number of fused-ring (bicyclic) bond motifs is 16. The number of pyridine rings is 2. The van der Waals surface area contributed by atoms with Gasteiger partial charge in [-0.3, -0.25) is 4.40 Å². The van der Waals surface area contributed by atoms with Crippen molar-refractivity contribution in [2.45, 2.75) is 0 Å². The largest absolute Gasteiger partial charge is 0.307 e. The maximum absolute atomic E-state index is 5.32. The highest BCUT2D eigenvalue weighted by Gasteiger charge is 2.25. The number of hydrogen-bond acceptors (Lipinski definition) is 2. The molecule has 0 aliphatic rings. The van der Waals surface area contributed by atoms with Crippen LogP contribution in [-0.4, -0.2) is 23.5 Å². The molecule has 0 spiro atoms. The van der Waals surface area contributed by atoms with Crippen LogP contribution >= 0.6 is 0 Å². The van der Waals surface area contributed by atoms with Gasteiger partial charge in [-0.15, -0.1) is 0 Å². The summed E-state index contributed by atoms with van der Waals surface area (Å²) in [6, 6.07) is 52.0. The minimum atomic E-state index is 0.914. The standard InChI is InChI=1S/C42H25N5/c1-3-12-26(13-4-1)45-35-19-9-7-16-28(35)30-23-24-32-31-22-21-29-33-17-11-25-43-41(33)47-36-20-10-8-18-34(36)44-42(47)37(29)38(31)46(40(32)39(30)45)27-14-5-2-6-15-27/h1-25H. The molecule has 5 heteroatoms. The van der Waals surface area contributed by atoms with E-state index in [0.29, 0.717) is 0 Å². The lowest BCUT2D eigenvalue weighted by molar-refractivity contribution is 1.15. The second-order valence-corrected chi connectivity index (χ2v) is 12.2. The van der Waals surface area contributed by atoms with Gasteiger partial charge in [0.15, 0.2) is 0 Å². The Bertz CT molecular complexity index is 3060. The number of rotatable bonds is 2. The number of benzene rings is 6. The van der Waals surface area contributed by atoms with Crippen LogP contribution in [-0.2, 0) is 0 Å². The third-order valence-corrected chi connectivity index (χ3v) is 9.83. The summed E-state index contributed by atoms with van der Waals surface area (Å²) in [5.74, 6) is 0. The Hall–Kier alpha value is -6.46. The molecule has 11 rings (SSSR count). The van der Waals surface area contributed by atoms with Gasteiger partial charge in [-0.1, -0.05) is 91.0 Å². The highest BCUT2D eigenvalue weighted by atomic mass is 15.1. The zero-order valence-corrected chi connectivity index (χ0v) is 25.2. The molecule has 0 aliphatic heterocycles. The van der Waals surface area contributed by atoms with E-state index in [4.69, 9.17) is 9.97 Å². The summed E-state index contributed by atoms with van der Waals surface area (Å²) in [7, 11) is 0. The summed E-state index contributed by atoms with van der Waals surface area (Å²) in [6.45, 7) is 0. The molecule has 11 aromatic rings. The van der Waals surface area contributed by atoms with Crippen molar-refractivity contribution in [1.82, 2.24) is 23.5 Å². The van der Waals surface area contributed by atoms with E-state index in [1.54, 1.807) is 0 Å². The van der Waals surface area contributed by atoms with Gasteiger partial charge in [-0.25, -0.2) is 9.97 Å². The van der Waals surface area contributed by atoms with Crippen molar-refractivity contribution in [2.75, 3.05) is 0 Å². The van der Waals surface area contributed by atoms with E-state index >= 15 is 0 Å². The Morgan fingerprint density at radius 1 is 0.383 bits per heavy atom. The number of imidazole rings is 1. The Kier molecular flexibility index (Phi) is 4.78. The molecule has 0 amide bonds. The van der Waals surface area contributed by atoms with Crippen LogP contribution in [0.25, 0.3) is 93.5 Å². The van der Waals surface area contributed by atoms with Crippen molar-refractivity contribution in [1.29, 1.82) is 0 Å². The third-order valence-electron chi connectivity index (χ3n) is 9.83. The molecule has 0 fully saturated rings. The lowest BCUT2D eigenvalue weighted by Gasteiger charge is -2.14. The molecule has 218 valence electrons. The second kappa shape index (κ2) is 9.05. The minimum Gasteiger partial charge on any atom is -0.307 e. The molecule has 0 aliphatic carbocycles. The van der Waals surface area contributed by atoms with E-state index in [9.17, 15) is 0 Å². The van der Waals surface area contributed by atoms with E-state index in [-0.39, 0.29) is 0 Å². The van der Waals surface area contributed by atoms with Gasteiger partial charge < -0.3 is 9.13 Å². The van der Waals surface area contributed by atoms with Crippen molar-refractivity contribution >= 4 is 82.1 Å². The topological polar surface area (TPSA) is 40.1 Å². The van der Waals surface area contributed by atoms with Gasteiger partial charge in [-0.05, 0) is 60.0 Å². The molecule has 47 heavy (non-hydrogen) atoms. The Morgan fingerprint density at radius 2 is 0.957 bits per heavy atom. The first kappa shape index (κ1) is 24.8. The SMILES string of the molecule is c1ccc(-n2c3ccccc3c3ccc4c5ccc6c7cccnc7n7c8ccccc8nc7c6c5n(-c5ccccc5)c4c32)cc1. The predicted octanol–water partition coefficient (Wildman–Crippen LogP) is 10.4. The predicted molar refractivity (Wildman–Crippen MR) is 194 cm³/mol. The van der Waals surface area contributed by atoms with Crippen LogP contribution in [0.2, 0.25) is 0 Å². The molecule has 0 bridgehead atoms. The van der Waals surface area contributed by atoms with Crippen molar-refractivity contribution < 1.29 is 0 Å². The zero-order valence-electron chi connectivity index (χ0n) is 25.2. The van der Waals surface area contributed by atoms with Gasteiger partial charge in [0.25, 0.3) is 0 Å². The van der Waals surface area contributed by atoms with E-state index < -0.39 is 0 Å². The van der Waals surface area contributed by atoms with E-state index in [0.717, 1.165) is 55.4 Å². The van der Waals surface area contributed by atoms with Crippen molar-refractivity contribution in [2.24, 2.45) is 0 Å². The molecule has 0 saturated heterocycles. The molecule has 0 radical (unpaired) electrons. The minimum absolute atomic E-state index is 0.914. The van der Waals surface area contributed by atoms with Gasteiger partial charge in [-0.2, -0.15) is 0 Å². The van der Waals surface area contributed by atoms with Gasteiger partial charge in [0.1, 0.15) is 11.3 Å². The molecule has 6 aromatic carbocycles. The Labute approximate surface area is 268 Å². The molecular weight excluding hydrogens is 574 g/mol. The average Bonchev–Trinajstić information content (AvgIpc) is 3.80. The van der Waals surface area contributed by atoms with Gasteiger partial charge >= 0.3 is 0 Å². The fraction of sp³-hybridized carbons (Fsp3) is 0. The van der Waals surface area contributed by atoms with Crippen LogP contribution in [0.1, 0.15) is 0 Å². The number of para-hydroxylation sites is 5. The molecular formula is C42H25N5. The Morgan fingerprint density at radius 3 is 1.74 bits per heavy atom. The van der Waals surface area contributed by atoms with Crippen LogP contribution in [0, 0.1) is 0 Å². The monoisotopic (exact) mass is 599 g/mol. The molecule has 0 unspecified atom stereocenters. The fourth-order valence-electron chi connectivity index (χ4n) is 7.96. The first-order valence-corrected chi connectivity index (χ1v) is 15.9. The summed E-state index contributed by atoms with van der Waals surface area (Å²) >= 11 is 0. The fourth-order valence-corrected chi connectivity index (χ4v) is 7.96. The van der Waals surface area contributed by atoms with Gasteiger partial charge in [0, 0.05) is 44.5 Å². The Balaban J connectivity index is 1.48. The first-order chi connectivity index (χ1) is 23.4.